The van der Waals surface area contributed by atoms with E-state index in [1.807, 2.05) is 4.90 Å². The van der Waals surface area contributed by atoms with Gasteiger partial charge in [0.25, 0.3) is 0 Å². The standard InChI is InChI=1S/C18H29N5O2.ClH/c24-17(13-25-15-4-2-1-3-5-15)22-9-6-14(7-10-22)18-21-20-16-12-19-8-11-23(16)18;/h14-15,19H,1-13H2;1H. The minimum Gasteiger partial charge on any atom is -0.368 e. The Hall–Kier alpha value is -1.18. The molecule has 1 saturated heterocycles. The summed E-state index contributed by atoms with van der Waals surface area (Å²) < 4.78 is 8.12. The average Bonchev–Trinajstić information content (AvgIpc) is 3.11. The molecular formula is C18H30ClN5O2. The lowest BCUT2D eigenvalue weighted by atomic mass is 9.95. The first-order valence-electron chi connectivity index (χ1n) is 9.83. The molecule has 1 amide bonds. The lowest BCUT2D eigenvalue weighted by Crippen LogP contribution is -2.41. The molecule has 0 aromatic carbocycles. The van der Waals surface area contributed by atoms with Crippen LogP contribution in [0.15, 0.2) is 0 Å². The zero-order valence-corrected chi connectivity index (χ0v) is 16.2. The summed E-state index contributed by atoms with van der Waals surface area (Å²) in [5.74, 6) is 2.72. The maximum absolute atomic E-state index is 12.4. The van der Waals surface area contributed by atoms with Crippen molar-refractivity contribution in [1.82, 2.24) is 25.0 Å². The molecule has 1 N–H and O–H groups in total. The first-order chi connectivity index (χ1) is 12.3. The van der Waals surface area contributed by atoms with Crippen LogP contribution in [0.1, 0.15) is 62.5 Å². The van der Waals surface area contributed by atoms with Crippen LogP contribution in [0.4, 0.5) is 0 Å². The maximum Gasteiger partial charge on any atom is 0.248 e. The molecule has 1 aromatic heterocycles. The van der Waals surface area contributed by atoms with Crippen molar-refractivity contribution in [3.8, 4) is 0 Å². The lowest BCUT2D eigenvalue weighted by molar-refractivity contribution is -0.139. The van der Waals surface area contributed by atoms with E-state index in [-0.39, 0.29) is 24.9 Å². The lowest BCUT2D eigenvalue weighted by Gasteiger charge is -2.32. The van der Waals surface area contributed by atoms with E-state index >= 15 is 0 Å². The Balaban J connectivity index is 0.00000196. The van der Waals surface area contributed by atoms with Crippen LogP contribution in [0, 0.1) is 0 Å². The van der Waals surface area contributed by atoms with Crippen LogP contribution in [-0.2, 0) is 22.6 Å². The zero-order valence-electron chi connectivity index (χ0n) is 15.4. The van der Waals surface area contributed by atoms with E-state index < -0.39 is 0 Å². The van der Waals surface area contributed by atoms with Crippen LogP contribution >= 0.6 is 12.4 Å². The second-order valence-corrected chi connectivity index (χ2v) is 7.53. The third kappa shape index (κ3) is 4.38. The Morgan fingerprint density at radius 3 is 2.62 bits per heavy atom. The van der Waals surface area contributed by atoms with E-state index in [0.717, 1.165) is 70.1 Å². The molecule has 0 bridgehead atoms. The zero-order chi connectivity index (χ0) is 17.1. The molecule has 0 unspecified atom stereocenters. The van der Waals surface area contributed by atoms with Crippen molar-refractivity contribution in [2.45, 2.75) is 70.1 Å². The van der Waals surface area contributed by atoms with Gasteiger partial charge in [0, 0.05) is 32.1 Å². The second kappa shape index (κ2) is 9.15. The molecule has 26 heavy (non-hydrogen) atoms. The largest absolute Gasteiger partial charge is 0.368 e. The van der Waals surface area contributed by atoms with Gasteiger partial charge in [0.2, 0.25) is 5.91 Å². The molecular weight excluding hydrogens is 354 g/mol. The van der Waals surface area contributed by atoms with Crippen molar-refractivity contribution in [2.75, 3.05) is 26.2 Å². The third-order valence-corrected chi connectivity index (χ3v) is 5.86. The number of likely N-dealkylation sites (tertiary alicyclic amines) is 1. The summed E-state index contributed by atoms with van der Waals surface area (Å²) in [4.78, 5) is 14.4. The van der Waals surface area contributed by atoms with Crippen molar-refractivity contribution >= 4 is 18.3 Å². The molecule has 3 aliphatic rings. The van der Waals surface area contributed by atoms with E-state index in [0.29, 0.717) is 12.0 Å². The smallest absolute Gasteiger partial charge is 0.248 e. The van der Waals surface area contributed by atoms with Gasteiger partial charge in [-0.1, -0.05) is 19.3 Å². The highest BCUT2D eigenvalue weighted by atomic mass is 35.5. The van der Waals surface area contributed by atoms with E-state index in [2.05, 4.69) is 20.1 Å². The fourth-order valence-electron chi connectivity index (χ4n) is 4.32. The van der Waals surface area contributed by atoms with E-state index in [9.17, 15) is 4.79 Å². The Labute approximate surface area is 161 Å². The number of carbonyl (C=O) groups excluding carboxylic acids is 1. The van der Waals surface area contributed by atoms with Crippen molar-refractivity contribution in [1.29, 1.82) is 0 Å². The number of hydrogen-bond donors (Lipinski definition) is 1. The topological polar surface area (TPSA) is 72.3 Å². The number of aromatic nitrogens is 3. The van der Waals surface area contributed by atoms with E-state index in [1.54, 1.807) is 0 Å². The molecule has 2 aliphatic heterocycles. The molecule has 1 aromatic rings. The molecule has 1 saturated carbocycles. The van der Waals surface area contributed by atoms with Crippen LogP contribution in [0.5, 0.6) is 0 Å². The number of halogens is 1. The molecule has 0 spiro atoms. The monoisotopic (exact) mass is 383 g/mol. The van der Waals surface area contributed by atoms with Crippen LogP contribution in [0.3, 0.4) is 0 Å². The average molecular weight is 384 g/mol. The summed E-state index contributed by atoms with van der Waals surface area (Å²) in [5.41, 5.74) is 0. The van der Waals surface area contributed by atoms with Gasteiger partial charge in [0.05, 0.1) is 12.6 Å². The summed E-state index contributed by atoms with van der Waals surface area (Å²) in [6, 6.07) is 0. The summed E-state index contributed by atoms with van der Waals surface area (Å²) in [5, 5.41) is 12.1. The number of carbonyl (C=O) groups is 1. The normalized spacial score (nSPS) is 21.9. The van der Waals surface area contributed by atoms with Crippen molar-refractivity contribution < 1.29 is 9.53 Å². The van der Waals surface area contributed by atoms with Crippen LogP contribution in [0.25, 0.3) is 0 Å². The first kappa shape index (κ1) is 19.6. The summed E-state index contributed by atoms with van der Waals surface area (Å²) in [6.07, 6.45) is 8.26. The Bertz CT molecular complexity index is 594. The number of amides is 1. The molecule has 3 heterocycles. The highest BCUT2D eigenvalue weighted by molar-refractivity contribution is 5.85. The van der Waals surface area contributed by atoms with Gasteiger partial charge in [-0.3, -0.25) is 4.79 Å². The Morgan fingerprint density at radius 2 is 1.85 bits per heavy atom. The number of hydrogen-bond acceptors (Lipinski definition) is 5. The number of piperidine rings is 1. The second-order valence-electron chi connectivity index (χ2n) is 7.53. The minimum atomic E-state index is 0. The van der Waals surface area contributed by atoms with Gasteiger partial charge < -0.3 is 19.5 Å². The van der Waals surface area contributed by atoms with Crippen LogP contribution in [0.2, 0.25) is 0 Å². The quantitative estimate of drug-likeness (QED) is 0.859. The van der Waals surface area contributed by atoms with Gasteiger partial charge in [-0.05, 0) is 25.7 Å². The first-order valence-corrected chi connectivity index (χ1v) is 9.83. The Kier molecular flexibility index (Phi) is 6.89. The van der Waals surface area contributed by atoms with Gasteiger partial charge in [0.15, 0.2) is 0 Å². The predicted octanol–water partition coefficient (Wildman–Crippen LogP) is 1.86. The van der Waals surface area contributed by atoms with E-state index in [1.165, 1.54) is 19.3 Å². The molecule has 8 heteroatoms. The fraction of sp³-hybridized carbons (Fsp3) is 0.833. The molecule has 146 valence electrons. The van der Waals surface area contributed by atoms with Gasteiger partial charge in [-0.2, -0.15) is 0 Å². The SMILES string of the molecule is Cl.O=C(COC1CCCCC1)N1CCC(c2nnc3n2CCNC3)CC1. The van der Waals surface area contributed by atoms with Crippen LogP contribution < -0.4 is 5.32 Å². The highest BCUT2D eigenvalue weighted by Gasteiger charge is 2.29. The van der Waals surface area contributed by atoms with Crippen molar-refractivity contribution in [3.05, 3.63) is 11.6 Å². The molecule has 0 radical (unpaired) electrons. The Morgan fingerprint density at radius 1 is 1.08 bits per heavy atom. The summed E-state index contributed by atoms with van der Waals surface area (Å²) >= 11 is 0. The van der Waals surface area contributed by atoms with Gasteiger partial charge in [0.1, 0.15) is 18.3 Å². The number of ether oxygens (including phenoxy) is 1. The van der Waals surface area contributed by atoms with Crippen molar-refractivity contribution in [2.24, 2.45) is 0 Å². The molecule has 4 rings (SSSR count). The minimum absolute atomic E-state index is 0. The molecule has 2 fully saturated rings. The predicted molar refractivity (Wildman–Crippen MR) is 100 cm³/mol. The molecule has 7 nitrogen and oxygen atoms in total. The fourth-order valence-corrected chi connectivity index (χ4v) is 4.32. The number of nitrogens with zero attached hydrogens (tertiary/aromatic N) is 4. The van der Waals surface area contributed by atoms with Crippen LogP contribution in [-0.4, -0.2) is 57.9 Å². The number of rotatable bonds is 4. The number of nitrogens with one attached hydrogen (secondary N) is 1. The highest BCUT2D eigenvalue weighted by Crippen LogP contribution is 2.28. The van der Waals surface area contributed by atoms with Gasteiger partial charge in [-0.25, -0.2) is 0 Å². The van der Waals surface area contributed by atoms with E-state index in [4.69, 9.17) is 4.74 Å². The summed E-state index contributed by atoms with van der Waals surface area (Å²) in [7, 11) is 0. The van der Waals surface area contributed by atoms with Crippen molar-refractivity contribution in [3.63, 3.8) is 0 Å². The maximum atomic E-state index is 12.4. The number of fused-ring (bicyclic) bond motifs is 1. The summed E-state index contributed by atoms with van der Waals surface area (Å²) in [6.45, 7) is 4.60. The molecule has 0 atom stereocenters. The molecule has 1 aliphatic carbocycles. The van der Waals surface area contributed by atoms with Gasteiger partial charge >= 0.3 is 0 Å². The third-order valence-electron chi connectivity index (χ3n) is 5.86. The van der Waals surface area contributed by atoms with Gasteiger partial charge in [-0.15, -0.1) is 22.6 Å².